The first-order valence-corrected chi connectivity index (χ1v) is 18.4. The van der Waals surface area contributed by atoms with Gasteiger partial charge >= 0.3 is 5.97 Å². The molecule has 1 saturated heterocycles. The van der Waals surface area contributed by atoms with E-state index in [4.69, 9.17) is 15.5 Å². The van der Waals surface area contributed by atoms with E-state index in [1.165, 1.54) is 11.4 Å². The second-order valence-corrected chi connectivity index (χ2v) is 14.6. The zero-order valence-corrected chi connectivity index (χ0v) is 29.0. The van der Waals surface area contributed by atoms with Crippen LogP contribution in [-0.4, -0.2) is 101 Å². The number of unbranched alkanes of at least 4 members (excludes halogenated alkanes) is 1. The highest BCUT2D eigenvalue weighted by Gasteiger charge is 2.27. The van der Waals surface area contributed by atoms with Gasteiger partial charge in [0.15, 0.2) is 5.82 Å². The zero-order valence-electron chi connectivity index (χ0n) is 28.2. The van der Waals surface area contributed by atoms with E-state index in [1.807, 2.05) is 52.3 Å². The summed E-state index contributed by atoms with van der Waals surface area (Å²) in [7, 11) is -1.88. The average Bonchev–Trinajstić information content (AvgIpc) is 3.46. The number of pyridine rings is 1. The third kappa shape index (κ3) is 8.31. The van der Waals surface area contributed by atoms with Crippen LogP contribution in [0, 0.1) is 0 Å². The second-order valence-electron chi connectivity index (χ2n) is 12.3. The number of hydrogen-bond acceptors (Lipinski definition) is 9. The van der Waals surface area contributed by atoms with E-state index in [2.05, 4.69) is 22.5 Å². The zero-order chi connectivity index (χ0) is 34.3. The number of hydrogen-bond donors (Lipinski definition) is 1. The molecule has 3 heterocycles. The predicted molar refractivity (Wildman–Crippen MR) is 188 cm³/mol. The van der Waals surface area contributed by atoms with Gasteiger partial charge in [-0.25, -0.2) is 18.4 Å². The lowest BCUT2D eigenvalue weighted by molar-refractivity contribution is -0.139. The second kappa shape index (κ2) is 15.9. The molecule has 0 bridgehead atoms. The fourth-order valence-electron chi connectivity index (χ4n) is 6.24. The number of nitrogen functional groups attached to an aromatic ring is 1. The van der Waals surface area contributed by atoms with Crippen LogP contribution in [-0.2, 0) is 50.3 Å². The van der Waals surface area contributed by atoms with E-state index in [0.29, 0.717) is 63.6 Å². The Hall–Kier alpha value is -4.07. The van der Waals surface area contributed by atoms with Gasteiger partial charge in [0.25, 0.3) is 0 Å². The maximum Gasteiger partial charge on any atom is 0.309 e. The molecule has 5 rings (SSSR count). The fraction of sp³-hybridized carbons (Fsp3) is 0.486. The summed E-state index contributed by atoms with van der Waals surface area (Å²) in [5.74, 6) is 1.14. The van der Waals surface area contributed by atoms with Crippen molar-refractivity contribution < 1.29 is 22.7 Å². The molecule has 4 aromatic rings. The highest BCUT2D eigenvalue weighted by molar-refractivity contribution is 7.89. The van der Waals surface area contributed by atoms with Crippen molar-refractivity contribution in [2.75, 3.05) is 57.9 Å². The summed E-state index contributed by atoms with van der Waals surface area (Å²) in [6.07, 6.45) is 3.73. The minimum absolute atomic E-state index is 0.0129. The van der Waals surface area contributed by atoms with E-state index >= 15 is 0 Å². The summed E-state index contributed by atoms with van der Waals surface area (Å²) >= 11 is 0. The number of imidazole rings is 1. The van der Waals surface area contributed by atoms with Crippen LogP contribution in [0.5, 0.6) is 0 Å². The number of aromatic nitrogens is 3. The number of carbonyl (C=O) groups excluding carboxylic acids is 2. The number of rotatable bonds is 15. The maximum absolute atomic E-state index is 13.9. The number of nitrogens with two attached hydrogens (primary N) is 1. The number of nitrogens with zero attached hydrogens (tertiary/aromatic N) is 6. The van der Waals surface area contributed by atoms with Crippen LogP contribution in [0.4, 0.5) is 5.82 Å². The predicted octanol–water partition coefficient (Wildman–Crippen LogP) is 3.61. The Balaban J connectivity index is 1.35. The number of anilines is 1. The first-order chi connectivity index (χ1) is 23.1. The molecule has 258 valence electrons. The summed E-state index contributed by atoms with van der Waals surface area (Å²) in [6, 6.07) is 15.6. The summed E-state index contributed by atoms with van der Waals surface area (Å²) in [5.41, 5.74) is 10.7. The van der Waals surface area contributed by atoms with Gasteiger partial charge in [-0.3, -0.25) is 14.5 Å². The van der Waals surface area contributed by atoms with Crippen LogP contribution in [0.1, 0.15) is 50.1 Å². The van der Waals surface area contributed by atoms with Crippen LogP contribution in [0.15, 0.2) is 48.5 Å². The normalized spacial score (nSPS) is 14.5. The number of ether oxygens (including phenoxy) is 1. The lowest BCUT2D eigenvalue weighted by Gasteiger charge is -2.34. The van der Waals surface area contributed by atoms with Crippen molar-refractivity contribution in [2.45, 2.75) is 59.0 Å². The summed E-state index contributed by atoms with van der Waals surface area (Å²) in [5, 5.41) is 1.00. The van der Waals surface area contributed by atoms with E-state index in [1.54, 1.807) is 6.92 Å². The number of esters is 1. The van der Waals surface area contributed by atoms with Gasteiger partial charge in [0.1, 0.15) is 11.3 Å². The molecule has 1 aliphatic heterocycles. The van der Waals surface area contributed by atoms with Gasteiger partial charge in [-0.15, -0.1) is 0 Å². The number of para-hydroxylation sites is 1. The average molecular weight is 678 g/mol. The van der Waals surface area contributed by atoms with Crippen molar-refractivity contribution in [3.05, 3.63) is 65.5 Å². The number of fused-ring (bicyclic) bond motifs is 3. The van der Waals surface area contributed by atoms with Crippen molar-refractivity contribution in [1.82, 2.24) is 28.6 Å². The van der Waals surface area contributed by atoms with Crippen molar-refractivity contribution in [1.29, 1.82) is 0 Å². The van der Waals surface area contributed by atoms with Crippen LogP contribution in [0.3, 0.4) is 0 Å². The van der Waals surface area contributed by atoms with Crippen molar-refractivity contribution >= 4 is 49.7 Å². The number of amides is 1. The quantitative estimate of drug-likeness (QED) is 0.187. The lowest BCUT2D eigenvalue weighted by Crippen LogP contribution is -2.51. The highest BCUT2D eigenvalue weighted by Crippen LogP contribution is 2.29. The third-order valence-corrected chi connectivity index (χ3v) is 10.9. The Labute approximate surface area is 282 Å². The first kappa shape index (κ1) is 35.2. The molecule has 0 unspecified atom stereocenters. The highest BCUT2D eigenvalue weighted by atomic mass is 32.2. The summed E-state index contributed by atoms with van der Waals surface area (Å²) in [6.45, 7) is 7.37. The number of aryl methyl sites for hydroxylation is 2. The smallest absolute Gasteiger partial charge is 0.309 e. The molecule has 48 heavy (non-hydrogen) atoms. The molecule has 12 nitrogen and oxygen atoms in total. The van der Waals surface area contributed by atoms with E-state index in [9.17, 15) is 18.0 Å². The van der Waals surface area contributed by atoms with E-state index in [-0.39, 0.29) is 30.6 Å². The van der Waals surface area contributed by atoms with Gasteiger partial charge in [-0.2, -0.15) is 4.31 Å². The first-order valence-electron chi connectivity index (χ1n) is 16.8. The number of sulfonamides is 1. The largest absolute Gasteiger partial charge is 0.469 e. The molecule has 1 amide bonds. The molecule has 2 aromatic carbocycles. The summed E-state index contributed by atoms with van der Waals surface area (Å²) < 4.78 is 33.3. The lowest BCUT2D eigenvalue weighted by atomic mass is 10.1. The minimum Gasteiger partial charge on any atom is -0.469 e. The molecule has 2 N–H and O–H groups in total. The van der Waals surface area contributed by atoms with Crippen molar-refractivity contribution in [3.63, 3.8) is 0 Å². The standard InChI is InChI=1S/C35H47N7O5S/c1-4-6-12-30-38-33-34(28-10-7-8-11-29(28)37-35(33)36)42(30)18-9-17-40(24-27-15-13-26(14-16-27)23-32(44)47-3)31(43)25-39-19-21-41(22-20-39)48(45,46)5-2/h7-8,10-11,13-16H,4-6,9,12,17-25H2,1-3H3,(H2,36,37). The van der Waals surface area contributed by atoms with Crippen molar-refractivity contribution in [3.8, 4) is 0 Å². The summed E-state index contributed by atoms with van der Waals surface area (Å²) in [4.78, 5) is 39.1. The Morgan fingerprint density at radius 3 is 2.35 bits per heavy atom. The topological polar surface area (TPSA) is 144 Å². The molecule has 1 fully saturated rings. The van der Waals surface area contributed by atoms with Crippen LogP contribution in [0.25, 0.3) is 21.9 Å². The molecule has 0 saturated carbocycles. The number of piperazine rings is 1. The van der Waals surface area contributed by atoms with Crippen molar-refractivity contribution in [2.24, 2.45) is 0 Å². The Morgan fingerprint density at radius 1 is 0.958 bits per heavy atom. The monoisotopic (exact) mass is 677 g/mol. The van der Waals surface area contributed by atoms with Gasteiger partial charge in [-0.1, -0.05) is 55.8 Å². The van der Waals surface area contributed by atoms with Gasteiger partial charge in [0.2, 0.25) is 15.9 Å². The minimum atomic E-state index is -3.26. The molecule has 0 aliphatic carbocycles. The molecule has 13 heteroatoms. The number of benzene rings is 2. The fourth-order valence-corrected chi connectivity index (χ4v) is 7.33. The SMILES string of the molecule is CCCCc1nc2c(N)nc3ccccc3c2n1CCCN(Cc1ccc(CC(=O)OC)cc1)C(=O)CN1CCN(S(=O)(=O)CC)CC1. The molecule has 1 aliphatic rings. The maximum atomic E-state index is 13.9. The number of carbonyl (C=O) groups is 2. The van der Waals surface area contributed by atoms with E-state index < -0.39 is 10.0 Å². The molecule has 0 radical (unpaired) electrons. The number of methoxy groups -OCH3 is 1. The van der Waals surface area contributed by atoms with Gasteiger partial charge in [0, 0.05) is 57.6 Å². The van der Waals surface area contributed by atoms with Crippen LogP contribution in [0.2, 0.25) is 0 Å². The Kier molecular flexibility index (Phi) is 11.7. The Morgan fingerprint density at radius 2 is 1.67 bits per heavy atom. The van der Waals surface area contributed by atoms with Gasteiger partial charge in [0.05, 0.1) is 36.9 Å². The molecule has 0 spiro atoms. The third-order valence-electron chi connectivity index (χ3n) is 9.03. The molecule has 0 atom stereocenters. The van der Waals surface area contributed by atoms with Crippen LogP contribution >= 0.6 is 0 Å². The molecular formula is C35H47N7O5S. The molecular weight excluding hydrogens is 630 g/mol. The van der Waals surface area contributed by atoms with E-state index in [0.717, 1.165) is 52.6 Å². The van der Waals surface area contributed by atoms with Gasteiger partial charge < -0.3 is 19.9 Å². The molecule has 2 aromatic heterocycles. The Bertz CT molecular complexity index is 1830. The van der Waals surface area contributed by atoms with Crippen LogP contribution < -0.4 is 5.73 Å². The van der Waals surface area contributed by atoms with Gasteiger partial charge in [-0.05, 0) is 37.0 Å².